The molecule has 1 aliphatic rings. The first-order valence-corrected chi connectivity index (χ1v) is 10.5. The van der Waals surface area contributed by atoms with E-state index in [1.54, 1.807) is 4.68 Å². The van der Waals surface area contributed by atoms with Crippen LogP contribution in [0.25, 0.3) is 5.69 Å². The van der Waals surface area contributed by atoms with Crippen LogP contribution in [0.1, 0.15) is 25.3 Å². The van der Waals surface area contributed by atoms with E-state index < -0.39 is 0 Å². The van der Waals surface area contributed by atoms with Crippen LogP contribution in [0.3, 0.4) is 0 Å². The van der Waals surface area contributed by atoms with Crippen LogP contribution in [0.2, 0.25) is 0 Å². The Labute approximate surface area is 176 Å². The van der Waals surface area contributed by atoms with Gasteiger partial charge in [0.25, 0.3) is 0 Å². The summed E-state index contributed by atoms with van der Waals surface area (Å²) < 4.78 is 13.4. The third kappa shape index (κ3) is 5.14. The van der Waals surface area contributed by atoms with Crippen LogP contribution in [-0.2, 0) is 6.54 Å². The molecule has 0 saturated carbocycles. The Bertz CT molecular complexity index is 924. The van der Waals surface area contributed by atoms with Gasteiger partial charge in [0.1, 0.15) is 0 Å². The number of benzene rings is 2. The minimum atomic E-state index is 0.291. The standard InChI is InChI=1S/C22H28N6O2/c1-2-29-21-14-18(16-24-15-17-10-12-23-13-11-17)8-9-20(21)30-22-25-26-27-28(22)19-6-4-3-5-7-19/h3-9,14,17,23-24H,2,10-13,15-16H2,1H3. The first-order chi connectivity index (χ1) is 14.8. The average Bonchev–Trinajstić information content (AvgIpc) is 3.25. The maximum atomic E-state index is 6.02. The molecule has 1 aromatic heterocycles. The van der Waals surface area contributed by atoms with Gasteiger partial charge in [0.15, 0.2) is 11.5 Å². The highest BCUT2D eigenvalue weighted by molar-refractivity contribution is 5.44. The summed E-state index contributed by atoms with van der Waals surface area (Å²) in [5.74, 6) is 2.02. The average molecular weight is 409 g/mol. The molecule has 1 aliphatic heterocycles. The maximum absolute atomic E-state index is 6.02. The molecule has 0 radical (unpaired) electrons. The molecule has 3 aromatic rings. The van der Waals surface area contributed by atoms with Gasteiger partial charge in [-0.2, -0.15) is 4.68 Å². The predicted octanol–water partition coefficient (Wildman–Crippen LogP) is 2.94. The molecule has 0 amide bonds. The van der Waals surface area contributed by atoms with Gasteiger partial charge in [0.05, 0.1) is 12.3 Å². The second-order valence-corrected chi connectivity index (χ2v) is 7.35. The summed E-state index contributed by atoms with van der Waals surface area (Å²) in [7, 11) is 0. The highest BCUT2D eigenvalue weighted by Crippen LogP contribution is 2.32. The van der Waals surface area contributed by atoms with E-state index in [9.17, 15) is 0 Å². The zero-order valence-electron chi connectivity index (χ0n) is 17.3. The molecule has 0 unspecified atom stereocenters. The zero-order chi connectivity index (χ0) is 20.6. The Kier molecular flexibility index (Phi) is 6.89. The molecule has 2 heterocycles. The molecule has 0 bridgehead atoms. The minimum Gasteiger partial charge on any atom is -0.490 e. The number of para-hydroxylation sites is 1. The van der Waals surface area contributed by atoms with E-state index >= 15 is 0 Å². The van der Waals surface area contributed by atoms with E-state index in [2.05, 4.69) is 26.2 Å². The second-order valence-electron chi connectivity index (χ2n) is 7.35. The number of nitrogens with zero attached hydrogens (tertiary/aromatic N) is 4. The SMILES string of the molecule is CCOc1cc(CNCC2CCNCC2)ccc1Oc1nnnn1-c1ccccc1. The van der Waals surface area contributed by atoms with Gasteiger partial charge in [0, 0.05) is 6.54 Å². The number of aromatic nitrogens is 4. The van der Waals surface area contributed by atoms with Crippen molar-refractivity contribution < 1.29 is 9.47 Å². The molecule has 8 nitrogen and oxygen atoms in total. The van der Waals surface area contributed by atoms with Crippen LogP contribution in [0.15, 0.2) is 48.5 Å². The van der Waals surface area contributed by atoms with Crippen molar-refractivity contribution in [3.05, 3.63) is 54.1 Å². The number of piperidine rings is 1. The molecule has 0 aliphatic carbocycles. The van der Waals surface area contributed by atoms with Crippen LogP contribution < -0.4 is 20.1 Å². The Morgan fingerprint density at radius 3 is 2.73 bits per heavy atom. The summed E-state index contributed by atoms with van der Waals surface area (Å²) in [4.78, 5) is 0. The van der Waals surface area contributed by atoms with Gasteiger partial charge in [-0.3, -0.25) is 0 Å². The monoisotopic (exact) mass is 408 g/mol. The lowest BCUT2D eigenvalue weighted by atomic mass is 9.98. The normalized spacial score (nSPS) is 14.6. The van der Waals surface area contributed by atoms with Gasteiger partial charge in [-0.25, -0.2) is 0 Å². The Morgan fingerprint density at radius 1 is 1.10 bits per heavy atom. The van der Waals surface area contributed by atoms with E-state index in [0.29, 0.717) is 24.1 Å². The number of hydrogen-bond acceptors (Lipinski definition) is 7. The topological polar surface area (TPSA) is 86.1 Å². The number of hydrogen-bond donors (Lipinski definition) is 2. The van der Waals surface area contributed by atoms with Gasteiger partial charge < -0.3 is 20.1 Å². The molecular weight excluding hydrogens is 380 g/mol. The van der Waals surface area contributed by atoms with Gasteiger partial charge in [-0.05, 0) is 85.6 Å². The van der Waals surface area contributed by atoms with Gasteiger partial charge in [-0.1, -0.05) is 29.4 Å². The minimum absolute atomic E-state index is 0.291. The number of nitrogens with one attached hydrogen (secondary N) is 2. The Morgan fingerprint density at radius 2 is 1.93 bits per heavy atom. The fourth-order valence-corrected chi connectivity index (χ4v) is 3.59. The number of ether oxygens (including phenoxy) is 2. The summed E-state index contributed by atoms with van der Waals surface area (Å²) >= 11 is 0. The van der Waals surface area contributed by atoms with Gasteiger partial charge in [0.2, 0.25) is 0 Å². The second kappa shape index (κ2) is 10.2. The summed E-state index contributed by atoms with van der Waals surface area (Å²) in [5.41, 5.74) is 1.98. The lowest BCUT2D eigenvalue weighted by Crippen LogP contribution is -2.33. The lowest BCUT2D eigenvalue weighted by molar-refractivity contribution is 0.314. The molecule has 1 fully saturated rings. The molecule has 1 saturated heterocycles. The van der Waals surface area contributed by atoms with Crippen molar-refractivity contribution in [3.63, 3.8) is 0 Å². The van der Waals surface area contributed by atoms with E-state index in [1.807, 2.05) is 55.5 Å². The largest absolute Gasteiger partial charge is 0.490 e. The van der Waals surface area contributed by atoms with Gasteiger partial charge >= 0.3 is 6.01 Å². The van der Waals surface area contributed by atoms with Crippen LogP contribution >= 0.6 is 0 Å². The quantitative estimate of drug-likeness (QED) is 0.563. The van der Waals surface area contributed by atoms with Crippen LogP contribution in [-0.4, -0.2) is 46.4 Å². The molecule has 8 heteroatoms. The summed E-state index contributed by atoms with van der Waals surface area (Å²) in [6.45, 7) is 6.58. The third-order valence-corrected chi connectivity index (χ3v) is 5.17. The summed E-state index contributed by atoms with van der Waals surface area (Å²) in [6.07, 6.45) is 2.47. The fourth-order valence-electron chi connectivity index (χ4n) is 3.59. The molecule has 0 spiro atoms. The molecule has 0 atom stereocenters. The van der Waals surface area contributed by atoms with E-state index in [-0.39, 0.29) is 0 Å². The van der Waals surface area contributed by atoms with Crippen LogP contribution in [0.5, 0.6) is 17.5 Å². The molecule has 30 heavy (non-hydrogen) atoms. The van der Waals surface area contributed by atoms with Crippen molar-refractivity contribution >= 4 is 0 Å². The predicted molar refractivity (Wildman–Crippen MR) is 114 cm³/mol. The van der Waals surface area contributed by atoms with Gasteiger partial charge in [-0.15, -0.1) is 0 Å². The number of rotatable bonds is 9. The van der Waals surface area contributed by atoms with Crippen molar-refractivity contribution in [2.75, 3.05) is 26.2 Å². The zero-order valence-corrected chi connectivity index (χ0v) is 17.3. The van der Waals surface area contributed by atoms with E-state index in [4.69, 9.17) is 9.47 Å². The van der Waals surface area contributed by atoms with Crippen LogP contribution in [0, 0.1) is 5.92 Å². The highest BCUT2D eigenvalue weighted by atomic mass is 16.5. The summed E-state index contributed by atoms with van der Waals surface area (Å²) in [6, 6.07) is 15.9. The molecule has 158 valence electrons. The highest BCUT2D eigenvalue weighted by Gasteiger charge is 2.15. The third-order valence-electron chi connectivity index (χ3n) is 5.17. The van der Waals surface area contributed by atoms with Crippen molar-refractivity contribution in [2.24, 2.45) is 5.92 Å². The van der Waals surface area contributed by atoms with Crippen molar-refractivity contribution in [3.8, 4) is 23.2 Å². The smallest absolute Gasteiger partial charge is 0.346 e. The van der Waals surface area contributed by atoms with Crippen LogP contribution in [0.4, 0.5) is 0 Å². The first-order valence-electron chi connectivity index (χ1n) is 10.5. The first kappa shape index (κ1) is 20.3. The Balaban J connectivity index is 1.44. The summed E-state index contributed by atoms with van der Waals surface area (Å²) in [5, 5.41) is 18.8. The molecular formula is C22H28N6O2. The lowest BCUT2D eigenvalue weighted by Gasteiger charge is -2.23. The molecule has 2 N–H and O–H groups in total. The van der Waals surface area contributed by atoms with Crippen molar-refractivity contribution in [1.82, 2.24) is 30.8 Å². The molecule has 2 aromatic carbocycles. The maximum Gasteiger partial charge on any atom is 0.346 e. The van der Waals surface area contributed by atoms with Crippen molar-refractivity contribution in [1.29, 1.82) is 0 Å². The molecule has 4 rings (SSSR count). The fraction of sp³-hybridized carbons (Fsp3) is 0.409. The van der Waals surface area contributed by atoms with Crippen molar-refractivity contribution in [2.45, 2.75) is 26.3 Å². The Hall–Kier alpha value is -2.97. The number of tetrazole rings is 1. The van der Waals surface area contributed by atoms with E-state index in [0.717, 1.165) is 43.3 Å². The van der Waals surface area contributed by atoms with E-state index in [1.165, 1.54) is 12.8 Å².